The second-order valence-corrected chi connectivity index (χ2v) is 3.53. The lowest BCUT2D eigenvalue weighted by Crippen LogP contribution is -2.08. The Balaban J connectivity index is 3.32. The van der Waals surface area contributed by atoms with E-state index in [1.54, 1.807) is 0 Å². The van der Waals surface area contributed by atoms with E-state index in [1.165, 1.54) is 12.3 Å². The van der Waals surface area contributed by atoms with Gasteiger partial charge in [0.1, 0.15) is 5.15 Å². The summed E-state index contributed by atoms with van der Waals surface area (Å²) in [7, 11) is 0. The number of halogens is 3. The minimum absolute atomic E-state index is 0.193. The van der Waals surface area contributed by atoms with Gasteiger partial charge in [-0.1, -0.05) is 40.9 Å². The molecule has 0 saturated heterocycles. The van der Waals surface area contributed by atoms with Crippen molar-refractivity contribution in [1.82, 2.24) is 4.98 Å². The van der Waals surface area contributed by atoms with Crippen molar-refractivity contribution < 1.29 is 0 Å². The molecule has 1 atom stereocenters. The average molecular weight is 238 g/mol. The number of nitrogens with zero attached hydrogens (tertiary/aromatic N) is 1. The summed E-state index contributed by atoms with van der Waals surface area (Å²) >= 11 is 17.4. The van der Waals surface area contributed by atoms with Crippen LogP contribution in [-0.4, -0.2) is 4.98 Å². The molecule has 5 heteroatoms. The molecular weight excluding hydrogens is 230 g/mol. The average Bonchev–Trinajstić information content (AvgIpc) is 2.12. The van der Waals surface area contributed by atoms with Crippen LogP contribution in [0, 0.1) is 0 Å². The molecule has 1 heterocycles. The maximum absolute atomic E-state index is 5.87. The summed E-state index contributed by atoms with van der Waals surface area (Å²) in [5.74, 6) is 0. The van der Waals surface area contributed by atoms with Crippen LogP contribution in [0.2, 0.25) is 15.2 Å². The molecule has 1 aromatic rings. The zero-order valence-corrected chi connectivity index (χ0v) is 8.87. The molecule has 1 rings (SSSR count). The molecule has 0 aliphatic carbocycles. The van der Waals surface area contributed by atoms with E-state index < -0.39 is 6.04 Å². The van der Waals surface area contributed by atoms with Crippen LogP contribution >= 0.6 is 34.8 Å². The summed E-state index contributed by atoms with van der Waals surface area (Å²) in [6.07, 6.45) is 2.94. The van der Waals surface area contributed by atoms with Crippen molar-refractivity contribution in [2.24, 2.45) is 5.73 Å². The SMILES string of the molecule is C=C[C@@H](N)c1c(Cl)cnc(Cl)c1Cl. The van der Waals surface area contributed by atoms with Crippen molar-refractivity contribution in [3.63, 3.8) is 0 Å². The van der Waals surface area contributed by atoms with Gasteiger partial charge in [0, 0.05) is 11.8 Å². The molecule has 0 radical (unpaired) electrons. The predicted octanol–water partition coefficient (Wildman–Crippen LogP) is 3.23. The second kappa shape index (κ2) is 4.29. The minimum Gasteiger partial charge on any atom is -0.321 e. The summed E-state index contributed by atoms with van der Waals surface area (Å²) in [5.41, 5.74) is 6.25. The zero-order chi connectivity index (χ0) is 10.0. The molecule has 2 nitrogen and oxygen atoms in total. The Morgan fingerprint density at radius 3 is 2.62 bits per heavy atom. The Kier molecular flexibility index (Phi) is 3.56. The third kappa shape index (κ3) is 2.15. The first-order valence-corrected chi connectivity index (χ1v) is 4.58. The maximum atomic E-state index is 5.87. The molecule has 0 saturated carbocycles. The van der Waals surface area contributed by atoms with Gasteiger partial charge in [-0.25, -0.2) is 4.98 Å². The smallest absolute Gasteiger partial charge is 0.148 e. The van der Waals surface area contributed by atoms with Crippen molar-refractivity contribution in [2.75, 3.05) is 0 Å². The van der Waals surface area contributed by atoms with Crippen LogP contribution in [0.25, 0.3) is 0 Å². The molecule has 2 N–H and O–H groups in total. The Morgan fingerprint density at radius 1 is 1.46 bits per heavy atom. The monoisotopic (exact) mass is 236 g/mol. The lowest BCUT2D eigenvalue weighted by molar-refractivity contribution is 0.910. The molecule has 0 aliphatic heterocycles. The van der Waals surface area contributed by atoms with Crippen LogP contribution in [0.4, 0.5) is 0 Å². The lowest BCUT2D eigenvalue weighted by atomic mass is 10.1. The van der Waals surface area contributed by atoms with Crippen LogP contribution in [-0.2, 0) is 0 Å². The Hall–Kier alpha value is -0.280. The quantitative estimate of drug-likeness (QED) is 0.633. The molecule has 0 aliphatic rings. The molecule has 0 aromatic carbocycles. The Bertz CT molecular complexity index is 338. The van der Waals surface area contributed by atoms with Gasteiger partial charge in [0.2, 0.25) is 0 Å². The Morgan fingerprint density at radius 2 is 2.08 bits per heavy atom. The normalized spacial score (nSPS) is 12.6. The highest BCUT2D eigenvalue weighted by Gasteiger charge is 2.14. The fraction of sp³-hybridized carbons (Fsp3) is 0.125. The van der Waals surface area contributed by atoms with Gasteiger partial charge >= 0.3 is 0 Å². The maximum Gasteiger partial charge on any atom is 0.148 e. The van der Waals surface area contributed by atoms with Crippen molar-refractivity contribution >= 4 is 34.8 Å². The summed E-state index contributed by atoms with van der Waals surface area (Å²) in [4.78, 5) is 3.77. The molecule has 0 unspecified atom stereocenters. The molecular formula is C8H7Cl3N2. The van der Waals surface area contributed by atoms with E-state index in [4.69, 9.17) is 40.5 Å². The number of rotatable bonds is 2. The number of pyridine rings is 1. The summed E-state index contributed by atoms with van der Waals surface area (Å²) in [6, 6.07) is -0.430. The van der Waals surface area contributed by atoms with E-state index in [2.05, 4.69) is 11.6 Å². The van der Waals surface area contributed by atoms with Gasteiger partial charge in [0.25, 0.3) is 0 Å². The highest BCUT2D eigenvalue weighted by molar-refractivity contribution is 6.43. The number of aromatic nitrogens is 1. The van der Waals surface area contributed by atoms with E-state index >= 15 is 0 Å². The number of hydrogen-bond donors (Lipinski definition) is 1. The van der Waals surface area contributed by atoms with Crippen LogP contribution < -0.4 is 5.73 Å². The fourth-order valence-electron chi connectivity index (χ4n) is 0.879. The lowest BCUT2D eigenvalue weighted by Gasteiger charge is -2.11. The van der Waals surface area contributed by atoms with Crippen LogP contribution in [0.5, 0.6) is 0 Å². The predicted molar refractivity (Wildman–Crippen MR) is 56.4 cm³/mol. The van der Waals surface area contributed by atoms with Gasteiger partial charge in [-0.15, -0.1) is 6.58 Å². The van der Waals surface area contributed by atoms with E-state index in [-0.39, 0.29) is 10.2 Å². The highest BCUT2D eigenvalue weighted by atomic mass is 35.5. The molecule has 0 spiro atoms. The molecule has 1 aromatic heterocycles. The van der Waals surface area contributed by atoms with Gasteiger partial charge in [-0.2, -0.15) is 0 Å². The van der Waals surface area contributed by atoms with Gasteiger partial charge in [0.15, 0.2) is 0 Å². The number of nitrogens with two attached hydrogens (primary N) is 1. The first kappa shape index (κ1) is 10.8. The molecule has 0 amide bonds. The second-order valence-electron chi connectivity index (χ2n) is 2.39. The molecule has 0 fully saturated rings. The van der Waals surface area contributed by atoms with Gasteiger partial charge in [-0.3, -0.25) is 0 Å². The van der Waals surface area contributed by atoms with Gasteiger partial charge in [0.05, 0.1) is 16.1 Å². The summed E-state index contributed by atoms with van der Waals surface area (Å²) in [6.45, 7) is 3.54. The molecule has 13 heavy (non-hydrogen) atoms. The van der Waals surface area contributed by atoms with Crippen LogP contribution in [0.1, 0.15) is 11.6 Å². The van der Waals surface area contributed by atoms with Crippen molar-refractivity contribution in [3.8, 4) is 0 Å². The first-order chi connectivity index (χ1) is 6.07. The van der Waals surface area contributed by atoms with Crippen LogP contribution in [0.3, 0.4) is 0 Å². The fourth-order valence-corrected chi connectivity index (χ4v) is 1.62. The standard InChI is InChI=1S/C8H7Cl3N2/c1-2-5(12)6-4(9)3-13-8(11)7(6)10/h2-3,5H,1,12H2/t5-/m1/s1. The third-order valence-corrected chi connectivity index (χ3v) is 2.62. The topological polar surface area (TPSA) is 38.9 Å². The first-order valence-electron chi connectivity index (χ1n) is 3.45. The van der Waals surface area contributed by atoms with E-state index in [0.717, 1.165) is 0 Å². The highest BCUT2D eigenvalue weighted by Crippen LogP contribution is 2.33. The molecule has 0 bridgehead atoms. The van der Waals surface area contributed by atoms with E-state index in [0.29, 0.717) is 10.6 Å². The minimum atomic E-state index is -0.430. The largest absolute Gasteiger partial charge is 0.321 e. The van der Waals surface area contributed by atoms with Gasteiger partial charge in [-0.05, 0) is 0 Å². The third-order valence-electron chi connectivity index (χ3n) is 1.55. The van der Waals surface area contributed by atoms with E-state index in [9.17, 15) is 0 Å². The van der Waals surface area contributed by atoms with Crippen LogP contribution in [0.15, 0.2) is 18.9 Å². The zero-order valence-electron chi connectivity index (χ0n) is 6.60. The summed E-state index contributed by atoms with van der Waals surface area (Å²) < 4.78 is 0. The van der Waals surface area contributed by atoms with E-state index in [1.807, 2.05) is 0 Å². The van der Waals surface area contributed by atoms with Crippen molar-refractivity contribution in [1.29, 1.82) is 0 Å². The number of hydrogen-bond acceptors (Lipinski definition) is 2. The molecule has 70 valence electrons. The summed E-state index contributed by atoms with van der Waals surface area (Å²) in [5, 5.41) is 0.863. The van der Waals surface area contributed by atoms with Crippen molar-refractivity contribution in [3.05, 3.63) is 39.6 Å². The van der Waals surface area contributed by atoms with Crippen molar-refractivity contribution in [2.45, 2.75) is 6.04 Å². The van der Waals surface area contributed by atoms with Gasteiger partial charge < -0.3 is 5.73 Å². The Labute approximate surface area is 91.3 Å².